The average Bonchev–Trinajstić information content (AvgIpc) is 3.08. The zero-order chi connectivity index (χ0) is 13.2. The summed E-state index contributed by atoms with van der Waals surface area (Å²) in [5.41, 5.74) is 1.00. The molecule has 2 aromatic rings. The van der Waals surface area contributed by atoms with E-state index in [9.17, 15) is 4.79 Å². The van der Waals surface area contributed by atoms with E-state index in [1.807, 2.05) is 12.1 Å². The third kappa shape index (κ3) is 3.12. The van der Waals surface area contributed by atoms with Crippen molar-refractivity contribution >= 4 is 17.5 Å². The van der Waals surface area contributed by atoms with Gasteiger partial charge < -0.3 is 9.73 Å². The Kier molecular flexibility index (Phi) is 3.21. The number of benzene rings is 1. The molecule has 1 amide bonds. The zero-order valence-electron chi connectivity index (χ0n) is 10.1. The highest BCUT2D eigenvalue weighted by molar-refractivity contribution is 6.30. The Morgan fingerprint density at radius 2 is 2.05 bits per heavy atom. The predicted octanol–water partition coefficient (Wildman–Crippen LogP) is 2.21. The molecule has 98 valence electrons. The molecule has 1 fully saturated rings. The van der Waals surface area contributed by atoms with Crippen molar-refractivity contribution in [3.63, 3.8) is 0 Å². The Balaban J connectivity index is 1.66. The van der Waals surface area contributed by atoms with E-state index in [1.54, 1.807) is 12.1 Å². The van der Waals surface area contributed by atoms with E-state index in [1.165, 1.54) is 0 Å². The van der Waals surface area contributed by atoms with Crippen LogP contribution in [-0.2, 0) is 6.42 Å². The minimum atomic E-state index is -0.294. The maximum absolute atomic E-state index is 11.7. The number of hydrogen-bond acceptors (Lipinski definition) is 4. The van der Waals surface area contributed by atoms with E-state index in [0.29, 0.717) is 17.3 Å². The number of carbonyl (C=O) groups is 1. The van der Waals surface area contributed by atoms with Crippen LogP contribution in [0.3, 0.4) is 0 Å². The zero-order valence-corrected chi connectivity index (χ0v) is 10.9. The molecule has 1 saturated carbocycles. The van der Waals surface area contributed by atoms with Gasteiger partial charge in [0, 0.05) is 11.1 Å². The lowest BCUT2D eigenvalue weighted by Crippen LogP contribution is -2.25. The lowest BCUT2D eigenvalue weighted by molar-refractivity contribution is 0.0914. The monoisotopic (exact) mass is 277 g/mol. The van der Waals surface area contributed by atoms with Gasteiger partial charge in [0.25, 0.3) is 0 Å². The van der Waals surface area contributed by atoms with Gasteiger partial charge in [-0.25, -0.2) is 0 Å². The average molecular weight is 278 g/mol. The quantitative estimate of drug-likeness (QED) is 0.930. The number of rotatable bonds is 4. The van der Waals surface area contributed by atoms with Crippen molar-refractivity contribution in [3.05, 3.63) is 46.6 Å². The van der Waals surface area contributed by atoms with Gasteiger partial charge >= 0.3 is 11.8 Å². The number of aromatic nitrogens is 2. The van der Waals surface area contributed by atoms with Crippen molar-refractivity contribution in [3.8, 4) is 0 Å². The van der Waals surface area contributed by atoms with Gasteiger partial charge in [-0.15, -0.1) is 10.2 Å². The van der Waals surface area contributed by atoms with Gasteiger partial charge in [-0.3, -0.25) is 4.79 Å². The SMILES string of the molecule is O=C(NC1CC1)c1nnc(Cc2ccc(Cl)cc2)o1. The van der Waals surface area contributed by atoms with Crippen LogP contribution in [0.4, 0.5) is 0 Å². The van der Waals surface area contributed by atoms with E-state index >= 15 is 0 Å². The van der Waals surface area contributed by atoms with Crippen LogP contribution in [0.1, 0.15) is 35.0 Å². The number of nitrogens with zero attached hydrogens (tertiary/aromatic N) is 2. The molecule has 0 saturated heterocycles. The third-order valence-corrected chi connectivity index (χ3v) is 3.09. The molecule has 0 radical (unpaired) electrons. The molecule has 1 aliphatic rings. The summed E-state index contributed by atoms with van der Waals surface area (Å²) in [7, 11) is 0. The first-order chi connectivity index (χ1) is 9.20. The van der Waals surface area contributed by atoms with E-state index < -0.39 is 0 Å². The Bertz CT molecular complexity index is 590. The summed E-state index contributed by atoms with van der Waals surface area (Å²) in [6.45, 7) is 0. The highest BCUT2D eigenvalue weighted by Crippen LogP contribution is 2.19. The Hall–Kier alpha value is -1.88. The van der Waals surface area contributed by atoms with Gasteiger partial charge in [0.15, 0.2) is 0 Å². The largest absolute Gasteiger partial charge is 0.417 e. The van der Waals surface area contributed by atoms with E-state index in [0.717, 1.165) is 18.4 Å². The van der Waals surface area contributed by atoms with E-state index in [2.05, 4.69) is 15.5 Å². The fourth-order valence-electron chi connectivity index (χ4n) is 1.67. The number of hydrogen-bond donors (Lipinski definition) is 1. The molecule has 1 aromatic heterocycles. The summed E-state index contributed by atoms with van der Waals surface area (Å²) < 4.78 is 5.34. The third-order valence-electron chi connectivity index (χ3n) is 2.84. The van der Waals surface area contributed by atoms with Crippen molar-refractivity contribution in [1.29, 1.82) is 0 Å². The second kappa shape index (κ2) is 5.01. The standard InChI is InChI=1S/C13H12ClN3O2/c14-9-3-1-8(2-4-9)7-11-16-17-13(19-11)12(18)15-10-5-6-10/h1-4,10H,5-7H2,(H,15,18). The second-order valence-electron chi connectivity index (χ2n) is 4.55. The molecule has 6 heteroatoms. The summed E-state index contributed by atoms with van der Waals surface area (Å²) >= 11 is 5.81. The fraction of sp³-hybridized carbons (Fsp3) is 0.308. The summed E-state index contributed by atoms with van der Waals surface area (Å²) in [4.78, 5) is 11.7. The topological polar surface area (TPSA) is 68.0 Å². The summed E-state index contributed by atoms with van der Waals surface area (Å²) in [6, 6.07) is 7.65. The number of amides is 1. The van der Waals surface area contributed by atoms with Crippen LogP contribution in [0, 0.1) is 0 Å². The molecule has 19 heavy (non-hydrogen) atoms. The molecule has 0 bridgehead atoms. The number of carbonyl (C=O) groups excluding carboxylic acids is 1. The lowest BCUT2D eigenvalue weighted by Gasteiger charge is -1.98. The van der Waals surface area contributed by atoms with Crippen molar-refractivity contribution in [1.82, 2.24) is 15.5 Å². The van der Waals surface area contributed by atoms with Crippen LogP contribution in [0.25, 0.3) is 0 Å². The van der Waals surface area contributed by atoms with Gasteiger partial charge in [0.2, 0.25) is 5.89 Å². The summed E-state index contributed by atoms with van der Waals surface area (Å²) in [6.07, 6.45) is 2.54. The van der Waals surface area contributed by atoms with Crippen molar-refractivity contribution in [2.75, 3.05) is 0 Å². The van der Waals surface area contributed by atoms with Crippen LogP contribution in [-0.4, -0.2) is 22.1 Å². The van der Waals surface area contributed by atoms with Crippen molar-refractivity contribution in [2.45, 2.75) is 25.3 Å². The predicted molar refractivity (Wildman–Crippen MR) is 69.0 cm³/mol. The summed E-state index contributed by atoms with van der Waals surface area (Å²) in [5.74, 6) is 0.150. The molecule has 5 nitrogen and oxygen atoms in total. The first kappa shape index (κ1) is 12.2. The van der Waals surface area contributed by atoms with Gasteiger partial charge in [0.05, 0.1) is 6.42 Å². The molecule has 1 heterocycles. The normalized spacial score (nSPS) is 14.4. The first-order valence-electron chi connectivity index (χ1n) is 6.08. The minimum Gasteiger partial charge on any atom is -0.417 e. The van der Waals surface area contributed by atoms with Gasteiger partial charge in [-0.1, -0.05) is 23.7 Å². The van der Waals surface area contributed by atoms with Crippen LogP contribution in [0.15, 0.2) is 28.7 Å². The molecule has 0 unspecified atom stereocenters. The number of halogens is 1. The van der Waals surface area contributed by atoms with Gasteiger partial charge in [0.1, 0.15) is 0 Å². The lowest BCUT2D eigenvalue weighted by atomic mass is 10.1. The Morgan fingerprint density at radius 3 is 2.74 bits per heavy atom. The molecular formula is C13H12ClN3O2. The maximum atomic E-state index is 11.7. The summed E-state index contributed by atoms with van der Waals surface area (Å²) in [5, 5.41) is 11.1. The highest BCUT2D eigenvalue weighted by Gasteiger charge is 2.26. The van der Waals surface area contributed by atoms with Crippen molar-refractivity contribution in [2.24, 2.45) is 0 Å². The maximum Gasteiger partial charge on any atom is 0.309 e. The minimum absolute atomic E-state index is 0.0239. The van der Waals surface area contributed by atoms with Crippen molar-refractivity contribution < 1.29 is 9.21 Å². The van der Waals surface area contributed by atoms with Gasteiger partial charge in [-0.05, 0) is 30.5 Å². The van der Waals surface area contributed by atoms with E-state index in [-0.39, 0.29) is 17.8 Å². The molecule has 1 aromatic carbocycles. The fourth-order valence-corrected chi connectivity index (χ4v) is 1.79. The first-order valence-corrected chi connectivity index (χ1v) is 6.46. The smallest absolute Gasteiger partial charge is 0.309 e. The second-order valence-corrected chi connectivity index (χ2v) is 4.99. The molecule has 1 aliphatic carbocycles. The molecular weight excluding hydrogens is 266 g/mol. The molecule has 0 spiro atoms. The van der Waals surface area contributed by atoms with Crippen LogP contribution in [0.5, 0.6) is 0 Å². The van der Waals surface area contributed by atoms with Crippen LogP contribution >= 0.6 is 11.6 Å². The van der Waals surface area contributed by atoms with Crippen LogP contribution in [0.2, 0.25) is 5.02 Å². The van der Waals surface area contributed by atoms with Crippen LogP contribution < -0.4 is 5.32 Å². The Labute approximate surface area is 115 Å². The van der Waals surface area contributed by atoms with Gasteiger partial charge in [-0.2, -0.15) is 0 Å². The molecule has 1 N–H and O–H groups in total. The number of nitrogens with one attached hydrogen (secondary N) is 1. The molecule has 0 atom stereocenters. The highest BCUT2D eigenvalue weighted by atomic mass is 35.5. The van der Waals surface area contributed by atoms with E-state index in [4.69, 9.17) is 16.0 Å². The Morgan fingerprint density at radius 1 is 1.32 bits per heavy atom. The molecule has 3 rings (SSSR count). The molecule has 0 aliphatic heterocycles.